The molecule has 4 rings (SSSR count). The number of halogens is 4. The maximum atomic E-state index is 13.5. The summed E-state index contributed by atoms with van der Waals surface area (Å²) in [7, 11) is 0. The van der Waals surface area contributed by atoms with E-state index in [2.05, 4.69) is 20.3 Å². The van der Waals surface area contributed by atoms with Gasteiger partial charge in [-0.05, 0) is 41.5 Å². The van der Waals surface area contributed by atoms with Crippen LogP contribution < -0.4 is 5.32 Å². The van der Waals surface area contributed by atoms with Gasteiger partial charge in [0.05, 0.1) is 5.02 Å². The fourth-order valence-electron chi connectivity index (χ4n) is 2.96. The van der Waals surface area contributed by atoms with Crippen molar-refractivity contribution in [2.75, 3.05) is 5.32 Å². The molecule has 33 heavy (non-hydrogen) atoms. The number of hydrogen-bond donors (Lipinski definition) is 2. The van der Waals surface area contributed by atoms with Crippen LogP contribution in [0.5, 0.6) is 0 Å². The zero-order valence-corrected chi connectivity index (χ0v) is 18.8. The molecule has 0 radical (unpaired) electrons. The number of hydrogen-bond acceptors (Lipinski definition) is 5. The van der Waals surface area contributed by atoms with Gasteiger partial charge in [-0.15, -0.1) is 0 Å². The Morgan fingerprint density at radius 2 is 1.94 bits per heavy atom. The van der Waals surface area contributed by atoms with Crippen molar-refractivity contribution in [1.29, 1.82) is 0 Å². The van der Waals surface area contributed by atoms with Gasteiger partial charge >= 0.3 is 5.97 Å². The van der Waals surface area contributed by atoms with Crippen molar-refractivity contribution in [1.82, 2.24) is 19.5 Å². The van der Waals surface area contributed by atoms with Crippen molar-refractivity contribution in [3.05, 3.63) is 87.8 Å². The molecule has 0 aliphatic heterocycles. The van der Waals surface area contributed by atoms with Gasteiger partial charge < -0.3 is 10.4 Å². The number of aliphatic carboxylic acids is 1. The van der Waals surface area contributed by atoms with E-state index in [1.165, 1.54) is 35.2 Å². The smallest absolute Gasteiger partial charge is 0.328 e. The lowest BCUT2D eigenvalue weighted by atomic mass is 10.0. The average Bonchev–Trinajstić information content (AvgIpc) is 3.13. The highest BCUT2D eigenvalue weighted by molar-refractivity contribution is 6.40. The summed E-state index contributed by atoms with van der Waals surface area (Å²) in [5.74, 6) is -1.04. The molecule has 0 spiro atoms. The second-order valence-electron chi connectivity index (χ2n) is 6.68. The van der Waals surface area contributed by atoms with Crippen molar-refractivity contribution in [2.24, 2.45) is 0 Å². The molecule has 2 aromatic heterocycles. The maximum absolute atomic E-state index is 13.5. The average molecular weight is 505 g/mol. The minimum atomic E-state index is -1.06. The van der Waals surface area contributed by atoms with Gasteiger partial charge in [0.2, 0.25) is 5.95 Å². The van der Waals surface area contributed by atoms with E-state index in [1.807, 2.05) is 6.07 Å². The van der Waals surface area contributed by atoms with Gasteiger partial charge in [0.25, 0.3) is 0 Å². The highest BCUT2D eigenvalue weighted by atomic mass is 35.5. The summed E-state index contributed by atoms with van der Waals surface area (Å²) in [6.45, 7) is 0. The molecule has 0 bridgehead atoms. The Hall–Kier alpha value is -3.46. The van der Waals surface area contributed by atoms with E-state index in [9.17, 15) is 9.18 Å². The first-order valence-corrected chi connectivity index (χ1v) is 10.4. The Kier molecular flexibility index (Phi) is 6.60. The zero-order valence-electron chi connectivity index (χ0n) is 16.5. The molecule has 0 atom stereocenters. The highest BCUT2D eigenvalue weighted by Gasteiger charge is 2.17. The summed E-state index contributed by atoms with van der Waals surface area (Å²) >= 11 is 18.2. The van der Waals surface area contributed by atoms with Crippen LogP contribution in [0.3, 0.4) is 0 Å². The van der Waals surface area contributed by atoms with Gasteiger partial charge in [0.1, 0.15) is 12.1 Å². The van der Waals surface area contributed by atoms with Crippen molar-refractivity contribution < 1.29 is 14.3 Å². The Bertz CT molecular complexity index is 1390. The van der Waals surface area contributed by atoms with Crippen LogP contribution in [0.1, 0.15) is 5.56 Å². The first kappa shape index (κ1) is 22.7. The van der Waals surface area contributed by atoms with E-state index in [0.717, 1.165) is 6.08 Å². The Morgan fingerprint density at radius 1 is 1.12 bits per heavy atom. The fourth-order valence-corrected chi connectivity index (χ4v) is 3.45. The van der Waals surface area contributed by atoms with E-state index in [4.69, 9.17) is 39.9 Å². The maximum Gasteiger partial charge on any atom is 0.328 e. The van der Waals surface area contributed by atoms with Crippen molar-refractivity contribution in [3.63, 3.8) is 0 Å². The van der Waals surface area contributed by atoms with Gasteiger partial charge in [-0.25, -0.2) is 19.2 Å². The van der Waals surface area contributed by atoms with E-state index < -0.39 is 11.8 Å². The van der Waals surface area contributed by atoms with Gasteiger partial charge in [0.15, 0.2) is 16.1 Å². The SMILES string of the molecule is O=C(O)C=Cc1cccc(-c2cnc(Nc3ccc(F)c(Cl)c3)nc2-n2cnc(Cl)c2Cl)c1. The van der Waals surface area contributed by atoms with Crippen LogP contribution in [0, 0.1) is 5.82 Å². The van der Waals surface area contributed by atoms with E-state index in [1.54, 1.807) is 24.4 Å². The Balaban J connectivity index is 1.80. The first-order valence-electron chi connectivity index (χ1n) is 9.31. The molecule has 11 heteroatoms. The third-order valence-electron chi connectivity index (χ3n) is 4.46. The summed E-state index contributed by atoms with van der Waals surface area (Å²) < 4.78 is 15.0. The van der Waals surface area contributed by atoms with Gasteiger partial charge in [0, 0.05) is 23.5 Å². The van der Waals surface area contributed by atoms with Crippen molar-refractivity contribution in [3.8, 4) is 16.9 Å². The van der Waals surface area contributed by atoms with Crippen LogP contribution in [-0.4, -0.2) is 30.6 Å². The van der Waals surface area contributed by atoms with Crippen LogP contribution in [0.15, 0.2) is 61.1 Å². The molecule has 2 N–H and O–H groups in total. The third-order valence-corrected chi connectivity index (χ3v) is 5.48. The number of carboxylic acids is 1. The van der Waals surface area contributed by atoms with E-state index in [0.29, 0.717) is 28.2 Å². The highest BCUT2D eigenvalue weighted by Crippen LogP contribution is 2.32. The number of anilines is 2. The number of nitrogens with zero attached hydrogens (tertiary/aromatic N) is 4. The number of carbonyl (C=O) groups is 1. The number of rotatable bonds is 6. The Morgan fingerprint density at radius 3 is 2.64 bits per heavy atom. The van der Waals surface area contributed by atoms with E-state index in [-0.39, 0.29) is 21.3 Å². The van der Waals surface area contributed by atoms with Crippen LogP contribution in [0.2, 0.25) is 15.3 Å². The summed E-state index contributed by atoms with van der Waals surface area (Å²) in [6, 6.07) is 11.3. The molecule has 0 saturated carbocycles. The topological polar surface area (TPSA) is 92.9 Å². The molecule has 0 amide bonds. The number of benzene rings is 2. The minimum absolute atomic E-state index is 0.0486. The first-order chi connectivity index (χ1) is 15.8. The molecule has 2 aromatic carbocycles. The number of carboxylic acid groups (broad SMARTS) is 1. The molecule has 0 aliphatic carbocycles. The van der Waals surface area contributed by atoms with Crippen molar-refractivity contribution >= 4 is 58.5 Å². The lowest BCUT2D eigenvalue weighted by molar-refractivity contribution is -0.131. The van der Waals surface area contributed by atoms with Crippen LogP contribution in [0.25, 0.3) is 23.0 Å². The monoisotopic (exact) mass is 503 g/mol. The number of imidazole rings is 1. The molecule has 0 aliphatic rings. The quantitative estimate of drug-likeness (QED) is 0.301. The third kappa shape index (κ3) is 5.14. The molecule has 4 aromatic rings. The molecule has 0 unspecified atom stereocenters. The summed E-state index contributed by atoms with van der Waals surface area (Å²) in [5, 5.41) is 12.1. The molecule has 0 fully saturated rings. The summed E-state index contributed by atoms with van der Waals surface area (Å²) in [5.41, 5.74) is 2.43. The molecule has 0 saturated heterocycles. The van der Waals surface area contributed by atoms with Gasteiger partial charge in [-0.3, -0.25) is 4.57 Å². The fraction of sp³-hybridized carbons (Fsp3) is 0. The Labute approximate surface area is 202 Å². The lowest BCUT2D eigenvalue weighted by Gasteiger charge is -2.13. The second-order valence-corrected chi connectivity index (χ2v) is 7.80. The summed E-state index contributed by atoms with van der Waals surface area (Å²) in [6.07, 6.45) is 5.51. The van der Waals surface area contributed by atoms with Crippen LogP contribution in [-0.2, 0) is 4.79 Å². The largest absolute Gasteiger partial charge is 0.478 e. The minimum Gasteiger partial charge on any atom is -0.478 e. The predicted octanol–water partition coefficient (Wildman–Crippen LogP) is 6.27. The number of nitrogens with one attached hydrogen (secondary N) is 1. The normalized spacial score (nSPS) is 11.2. The van der Waals surface area contributed by atoms with Crippen LogP contribution in [0.4, 0.5) is 16.0 Å². The van der Waals surface area contributed by atoms with Gasteiger partial charge in [-0.1, -0.05) is 53.0 Å². The molecule has 2 heterocycles. The zero-order chi connectivity index (χ0) is 23.5. The van der Waals surface area contributed by atoms with E-state index >= 15 is 0 Å². The second kappa shape index (κ2) is 9.58. The standard InChI is InChI=1S/C22H13Cl3FN5O2/c23-16-9-14(5-6-17(16)26)29-22-27-10-15(21(30-22)31-11-28-19(24)20(31)25)13-3-1-2-12(8-13)4-7-18(32)33/h1-11H,(H,32,33)(H,27,29,30). The lowest BCUT2D eigenvalue weighted by Crippen LogP contribution is -2.05. The van der Waals surface area contributed by atoms with Crippen LogP contribution >= 0.6 is 34.8 Å². The van der Waals surface area contributed by atoms with Crippen molar-refractivity contribution in [2.45, 2.75) is 0 Å². The molecule has 7 nitrogen and oxygen atoms in total. The van der Waals surface area contributed by atoms with Gasteiger partial charge in [-0.2, -0.15) is 4.98 Å². The summed E-state index contributed by atoms with van der Waals surface area (Å²) in [4.78, 5) is 23.8. The number of aromatic nitrogens is 4. The molecular formula is C22H13Cl3FN5O2. The molecule has 166 valence electrons. The molecular weight excluding hydrogens is 492 g/mol. The predicted molar refractivity (Wildman–Crippen MR) is 126 cm³/mol.